The lowest BCUT2D eigenvalue weighted by Crippen LogP contribution is -2.45. The van der Waals surface area contributed by atoms with E-state index in [2.05, 4.69) is 4.98 Å². The Hall–Kier alpha value is -1.07. The van der Waals surface area contributed by atoms with E-state index in [1.54, 1.807) is 18.0 Å². The molecule has 1 aliphatic rings. The third-order valence-corrected chi connectivity index (χ3v) is 4.24. The highest BCUT2D eigenvalue weighted by molar-refractivity contribution is 7.98. The van der Waals surface area contributed by atoms with Crippen LogP contribution in [-0.2, 0) is 10.5 Å². The Labute approximate surface area is 118 Å². The molecule has 2 heterocycles. The molecule has 1 saturated heterocycles. The van der Waals surface area contributed by atoms with Crippen molar-refractivity contribution in [1.29, 1.82) is 0 Å². The van der Waals surface area contributed by atoms with Gasteiger partial charge in [0.25, 0.3) is 0 Å². The zero-order chi connectivity index (χ0) is 13.5. The number of piperidine rings is 1. The van der Waals surface area contributed by atoms with E-state index in [4.69, 9.17) is 5.73 Å². The van der Waals surface area contributed by atoms with E-state index in [1.165, 1.54) is 0 Å². The normalized spacial score (nSPS) is 19.4. The molecule has 1 amide bonds. The summed E-state index contributed by atoms with van der Waals surface area (Å²) in [6, 6.07) is 6.08. The third-order valence-electron chi connectivity index (χ3n) is 3.25. The predicted octanol–water partition coefficient (Wildman–Crippen LogP) is 1.65. The molecule has 1 fully saturated rings. The van der Waals surface area contributed by atoms with Gasteiger partial charge >= 0.3 is 0 Å². The molecule has 0 bridgehead atoms. The number of likely N-dealkylation sites (tertiary alicyclic amines) is 1. The predicted molar refractivity (Wildman–Crippen MR) is 78.8 cm³/mol. The van der Waals surface area contributed by atoms with Crippen LogP contribution in [0.2, 0.25) is 0 Å². The van der Waals surface area contributed by atoms with Gasteiger partial charge in [0.1, 0.15) is 0 Å². The van der Waals surface area contributed by atoms with Gasteiger partial charge in [-0.25, -0.2) is 0 Å². The highest BCUT2D eigenvalue weighted by Crippen LogP contribution is 2.14. The molecule has 0 aliphatic carbocycles. The van der Waals surface area contributed by atoms with Crippen LogP contribution in [-0.4, -0.2) is 40.7 Å². The standard InChI is InChI=1S/C14H21N3OS/c15-12-4-3-8-17(10-12)14(18)6-9-19-11-13-5-1-2-7-16-13/h1-2,5,7,12H,3-4,6,8-11,15H2. The molecule has 1 atom stereocenters. The van der Waals surface area contributed by atoms with E-state index in [-0.39, 0.29) is 11.9 Å². The summed E-state index contributed by atoms with van der Waals surface area (Å²) in [4.78, 5) is 18.2. The quantitative estimate of drug-likeness (QED) is 0.833. The van der Waals surface area contributed by atoms with Gasteiger partial charge in [-0.15, -0.1) is 0 Å². The fourth-order valence-electron chi connectivity index (χ4n) is 2.21. The highest BCUT2D eigenvalue weighted by Gasteiger charge is 2.20. The van der Waals surface area contributed by atoms with Crippen LogP contribution in [0.25, 0.3) is 0 Å². The molecule has 0 aromatic carbocycles. The van der Waals surface area contributed by atoms with Crippen molar-refractivity contribution in [2.24, 2.45) is 5.73 Å². The van der Waals surface area contributed by atoms with Crippen LogP contribution >= 0.6 is 11.8 Å². The van der Waals surface area contributed by atoms with Crippen LogP contribution < -0.4 is 5.73 Å². The Balaban J connectivity index is 1.64. The summed E-state index contributed by atoms with van der Waals surface area (Å²) in [5, 5.41) is 0. The van der Waals surface area contributed by atoms with E-state index < -0.39 is 0 Å². The van der Waals surface area contributed by atoms with Crippen molar-refractivity contribution >= 4 is 17.7 Å². The number of hydrogen-bond donors (Lipinski definition) is 1. The largest absolute Gasteiger partial charge is 0.341 e. The summed E-state index contributed by atoms with van der Waals surface area (Å²) >= 11 is 1.76. The van der Waals surface area contributed by atoms with Crippen LogP contribution in [0.4, 0.5) is 0 Å². The van der Waals surface area contributed by atoms with Crippen LogP contribution in [0, 0.1) is 0 Å². The second-order valence-corrected chi connectivity index (χ2v) is 5.97. The summed E-state index contributed by atoms with van der Waals surface area (Å²) in [6.07, 6.45) is 4.48. The summed E-state index contributed by atoms with van der Waals surface area (Å²) in [5.41, 5.74) is 6.96. The van der Waals surface area contributed by atoms with Gasteiger partial charge in [0.05, 0.1) is 5.69 Å². The molecule has 19 heavy (non-hydrogen) atoms. The SMILES string of the molecule is NC1CCCN(C(=O)CCSCc2ccccn2)C1. The lowest BCUT2D eigenvalue weighted by molar-refractivity contribution is -0.131. The van der Waals surface area contributed by atoms with Gasteiger partial charge in [-0.1, -0.05) is 6.07 Å². The van der Waals surface area contributed by atoms with Crippen molar-refractivity contribution in [2.75, 3.05) is 18.8 Å². The van der Waals surface area contributed by atoms with Gasteiger partial charge in [0, 0.05) is 43.3 Å². The summed E-state index contributed by atoms with van der Waals surface area (Å²) < 4.78 is 0. The number of carbonyl (C=O) groups is 1. The molecule has 1 aromatic heterocycles. The van der Waals surface area contributed by atoms with Gasteiger partial charge in [-0.3, -0.25) is 9.78 Å². The topological polar surface area (TPSA) is 59.2 Å². The molecule has 0 radical (unpaired) electrons. The number of hydrogen-bond acceptors (Lipinski definition) is 4. The zero-order valence-corrected chi connectivity index (χ0v) is 11.9. The molecule has 4 nitrogen and oxygen atoms in total. The fourth-order valence-corrected chi connectivity index (χ4v) is 3.06. The van der Waals surface area contributed by atoms with Crippen LogP contribution in [0.15, 0.2) is 24.4 Å². The molecular formula is C14H21N3OS. The summed E-state index contributed by atoms with van der Waals surface area (Å²) in [5.74, 6) is 1.96. The summed E-state index contributed by atoms with van der Waals surface area (Å²) in [6.45, 7) is 1.60. The van der Waals surface area contributed by atoms with E-state index in [0.29, 0.717) is 6.42 Å². The number of amides is 1. The van der Waals surface area contributed by atoms with Gasteiger partial charge in [0.2, 0.25) is 5.91 Å². The first kappa shape index (κ1) is 14.3. The Morgan fingerprint density at radius 2 is 2.42 bits per heavy atom. The molecule has 2 N–H and O–H groups in total. The van der Waals surface area contributed by atoms with Crippen LogP contribution in [0.5, 0.6) is 0 Å². The monoisotopic (exact) mass is 279 g/mol. The maximum absolute atomic E-state index is 12.0. The lowest BCUT2D eigenvalue weighted by atomic mass is 10.1. The second-order valence-electron chi connectivity index (χ2n) is 4.87. The number of rotatable bonds is 5. The molecule has 1 unspecified atom stereocenters. The van der Waals surface area contributed by atoms with Gasteiger partial charge < -0.3 is 10.6 Å². The number of pyridine rings is 1. The van der Waals surface area contributed by atoms with E-state index in [1.807, 2.05) is 23.1 Å². The molecule has 5 heteroatoms. The minimum absolute atomic E-state index is 0.166. The van der Waals surface area contributed by atoms with Crippen LogP contribution in [0.3, 0.4) is 0 Å². The van der Waals surface area contributed by atoms with Crippen LogP contribution in [0.1, 0.15) is 25.0 Å². The number of aromatic nitrogens is 1. The molecular weight excluding hydrogens is 258 g/mol. The minimum Gasteiger partial charge on any atom is -0.341 e. The first-order chi connectivity index (χ1) is 9.25. The molecule has 0 spiro atoms. The highest BCUT2D eigenvalue weighted by atomic mass is 32.2. The molecule has 1 aliphatic heterocycles. The second kappa shape index (κ2) is 7.50. The Morgan fingerprint density at radius 3 is 3.16 bits per heavy atom. The van der Waals surface area contributed by atoms with E-state index >= 15 is 0 Å². The maximum Gasteiger partial charge on any atom is 0.223 e. The number of carbonyl (C=O) groups excluding carboxylic acids is 1. The third kappa shape index (κ3) is 4.84. The minimum atomic E-state index is 0.166. The van der Waals surface area contributed by atoms with Crippen molar-refractivity contribution in [3.63, 3.8) is 0 Å². The first-order valence-corrected chi connectivity index (χ1v) is 7.92. The lowest BCUT2D eigenvalue weighted by Gasteiger charge is -2.30. The van der Waals surface area contributed by atoms with E-state index in [0.717, 1.165) is 43.1 Å². The van der Waals surface area contributed by atoms with Crippen molar-refractivity contribution in [3.8, 4) is 0 Å². The Morgan fingerprint density at radius 1 is 1.53 bits per heavy atom. The molecule has 0 saturated carbocycles. The van der Waals surface area contributed by atoms with Crippen molar-refractivity contribution < 1.29 is 4.79 Å². The number of thioether (sulfide) groups is 1. The van der Waals surface area contributed by atoms with Crippen molar-refractivity contribution in [3.05, 3.63) is 30.1 Å². The average molecular weight is 279 g/mol. The summed E-state index contributed by atoms with van der Waals surface area (Å²) in [7, 11) is 0. The fraction of sp³-hybridized carbons (Fsp3) is 0.571. The average Bonchev–Trinajstić information content (AvgIpc) is 2.44. The van der Waals surface area contributed by atoms with E-state index in [9.17, 15) is 4.79 Å². The number of nitrogens with two attached hydrogens (primary N) is 1. The molecule has 2 rings (SSSR count). The number of nitrogens with zero attached hydrogens (tertiary/aromatic N) is 2. The Kier molecular flexibility index (Phi) is 5.66. The maximum atomic E-state index is 12.0. The molecule has 104 valence electrons. The zero-order valence-electron chi connectivity index (χ0n) is 11.1. The Bertz CT molecular complexity index is 399. The first-order valence-electron chi connectivity index (χ1n) is 6.76. The van der Waals surface area contributed by atoms with Crippen molar-refractivity contribution in [1.82, 2.24) is 9.88 Å². The molecule has 1 aromatic rings. The van der Waals surface area contributed by atoms with Gasteiger partial charge in [-0.05, 0) is 25.0 Å². The van der Waals surface area contributed by atoms with Gasteiger partial charge in [0.15, 0.2) is 0 Å². The smallest absolute Gasteiger partial charge is 0.223 e. The van der Waals surface area contributed by atoms with Crippen molar-refractivity contribution in [2.45, 2.75) is 31.1 Å². The van der Waals surface area contributed by atoms with Gasteiger partial charge in [-0.2, -0.15) is 11.8 Å².